The van der Waals surface area contributed by atoms with Crippen LogP contribution in [-0.4, -0.2) is 5.97 Å². The number of esters is 1. The summed E-state index contributed by atoms with van der Waals surface area (Å²) < 4.78 is 69.2. The zero-order valence-electron chi connectivity index (χ0n) is 14.0. The summed E-state index contributed by atoms with van der Waals surface area (Å²) in [6.07, 6.45) is 1.03. The van der Waals surface area contributed by atoms with E-state index in [1.807, 2.05) is 0 Å². The van der Waals surface area contributed by atoms with Crippen LogP contribution in [0.1, 0.15) is 57.4 Å². The second-order valence-electron chi connectivity index (χ2n) is 6.57. The molecule has 1 aliphatic rings. The first-order chi connectivity index (χ1) is 11.7. The maximum Gasteiger partial charge on any atom is 0.422 e. The highest BCUT2D eigenvalue weighted by molar-refractivity contribution is 5.72. The van der Waals surface area contributed by atoms with Crippen molar-refractivity contribution in [2.75, 3.05) is 0 Å². The summed E-state index contributed by atoms with van der Waals surface area (Å²) in [7, 11) is 0. The van der Waals surface area contributed by atoms with Crippen LogP contribution >= 0.6 is 0 Å². The van der Waals surface area contributed by atoms with E-state index in [1.165, 1.54) is 0 Å². The van der Waals surface area contributed by atoms with E-state index in [9.17, 15) is 26.7 Å². The highest BCUT2D eigenvalue weighted by Gasteiger charge is 2.38. The second-order valence-corrected chi connectivity index (χ2v) is 6.57. The van der Waals surface area contributed by atoms with Crippen LogP contribution in [0.15, 0.2) is 12.1 Å². The molecule has 1 aliphatic carbocycles. The first-order valence-corrected chi connectivity index (χ1v) is 8.47. The number of hydrogen-bond acceptors (Lipinski definition) is 2. The zero-order valence-corrected chi connectivity index (χ0v) is 14.0. The molecule has 0 saturated heterocycles. The highest BCUT2D eigenvalue weighted by atomic mass is 19.4. The molecule has 0 unspecified atom stereocenters. The Labute approximate surface area is 143 Å². The van der Waals surface area contributed by atoms with Crippen LogP contribution in [0.5, 0.6) is 5.75 Å². The molecule has 0 amide bonds. The average Bonchev–Trinajstić information content (AvgIpc) is 2.51. The maximum absolute atomic E-state index is 13.5. The lowest BCUT2D eigenvalue weighted by Gasteiger charge is -2.27. The van der Waals surface area contributed by atoms with Gasteiger partial charge in [0.1, 0.15) is 22.9 Å². The van der Waals surface area contributed by atoms with Gasteiger partial charge in [0, 0.05) is 18.6 Å². The van der Waals surface area contributed by atoms with Crippen molar-refractivity contribution in [1.82, 2.24) is 0 Å². The van der Waals surface area contributed by atoms with Crippen LogP contribution in [-0.2, 0) is 11.0 Å². The van der Waals surface area contributed by atoms with E-state index >= 15 is 0 Å². The van der Waals surface area contributed by atoms with Gasteiger partial charge in [-0.1, -0.05) is 39.0 Å². The average molecular weight is 364 g/mol. The number of alkyl halides is 3. The predicted molar refractivity (Wildman–Crippen MR) is 82.0 cm³/mol. The second kappa shape index (κ2) is 8.15. The Morgan fingerprint density at radius 2 is 1.60 bits per heavy atom. The van der Waals surface area contributed by atoms with Crippen molar-refractivity contribution in [2.45, 2.75) is 58.0 Å². The number of carbonyl (C=O) groups is 1. The molecule has 0 spiro atoms. The molecule has 2 nitrogen and oxygen atoms in total. The minimum atomic E-state index is -5.14. The van der Waals surface area contributed by atoms with Crippen LogP contribution in [0.4, 0.5) is 22.0 Å². The van der Waals surface area contributed by atoms with Gasteiger partial charge in [0.15, 0.2) is 0 Å². The van der Waals surface area contributed by atoms with Gasteiger partial charge >= 0.3 is 12.1 Å². The molecule has 0 heterocycles. The zero-order chi connectivity index (χ0) is 18.6. The summed E-state index contributed by atoms with van der Waals surface area (Å²) in [4.78, 5) is 11.8. The van der Waals surface area contributed by atoms with Crippen LogP contribution in [0.25, 0.3) is 0 Å². The summed E-state index contributed by atoms with van der Waals surface area (Å²) in [5, 5.41) is 0. The van der Waals surface area contributed by atoms with E-state index in [0.29, 0.717) is 24.5 Å². The first-order valence-electron chi connectivity index (χ1n) is 8.47. The fourth-order valence-electron chi connectivity index (χ4n) is 3.31. The van der Waals surface area contributed by atoms with E-state index in [4.69, 9.17) is 4.74 Å². The number of halogens is 5. The molecule has 1 saturated carbocycles. The summed E-state index contributed by atoms with van der Waals surface area (Å²) >= 11 is 0. The molecule has 1 fully saturated rings. The smallest absolute Gasteiger partial charge is 0.422 e. The fourth-order valence-corrected chi connectivity index (χ4v) is 3.31. The molecule has 0 aromatic heterocycles. The van der Waals surface area contributed by atoms with Gasteiger partial charge in [-0.3, -0.25) is 4.79 Å². The van der Waals surface area contributed by atoms with Gasteiger partial charge in [-0.05, 0) is 18.3 Å². The van der Waals surface area contributed by atoms with Crippen LogP contribution in [0, 0.1) is 23.5 Å². The molecular weight excluding hydrogens is 343 g/mol. The van der Waals surface area contributed by atoms with Crippen molar-refractivity contribution in [3.63, 3.8) is 0 Å². The quantitative estimate of drug-likeness (QED) is 0.370. The fraction of sp³-hybridized carbons (Fsp3) is 0.611. The minimum Gasteiger partial charge on any atom is -0.426 e. The van der Waals surface area contributed by atoms with E-state index < -0.39 is 35.1 Å². The number of rotatable bonds is 5. The Morgan fingerprint density at radius 3 is 2.08 bits per heavy atom. The molecule has 1 aromatic rings. The maximum atomic E-state index is 13.5. The van der Waals surface area contributed by atoms with Crippen molar-refractivity contribution in [1.29, 1.82) is 0 Å². The summed E-state index contributed by atoms with van der Waals surface area (Å²) in [6, 6.07) is 0.770. The summed E-state index contributed by atoms with van der Waals surface area (Å²) in [5.41, 5.74) is -1.99. The SMILES string of the molecule is CC[C@H]1CC[C@H](CCC(=O)Oc2cc(F)c(C(F)(F)F)c(F)c2)CC1. The van der Waals surface area contributed by atoms with Gasteiger partial charge in [0.25, 0.3) is 0 Å². The topological polar surface area (TPSA) is 26.3 Å². The van der Waals surface area contributed by atoms with Crippen LogP contribution < -0.4 is 4.74 Å². The van der Waals surface area contributed by atoms with Crippen molar-refractivity contribution < 1.29 is 31.5 Å². The van der Waals surface area contributed by atoms with Crippen molar-refractivity contribution in [3.05, 3.63) is 29.3 Å². The first kappa shape index (κ1) is 19.7. The van der Waals surface area contributed by atoms with E-state index in [1.54, 1.807) is 0 Å². The molecule has 140 valence electrons. The van der Waals surface area contributed by atoms with Crippen molar-refractivity contribution in [2.24, 2.45) is 11.8 Å². The minimum absolute atomic E-state index is 0.0751. The number of benzene rings is 1. The van der Waals surface area contributed by atoms with Gasteiger partial charge < -0.3 is 4.74 Å². The van der Waals surface area contributed by atoms with E-state index in [-0.39, 0.29) is 6.42 Å². The van der Waals surface area contributed by atoms with Gasteiger partial charge in [0.2, 0.25) is 0 Å². The van der Waals surface area contributed by atoms with Crippen LogP contribution in [0.3, 0.4) is 0 Å². The molecule has 2 rings (SSSR count). The molecular formula is C18H21F5O2. The molecule has 1 aromatic carbocycles. The predicted octanol–water partition coefficient (Wildman–Crippen LogP) is 5.89. The Balaban J connectivity index is 1.89. The molecule has 7 heteroatoms. The molecule has 0 atom stereocenters. The van der Waals surface area contributed by atoms with Gasteiger partial charge in [0.05, 0.1) is 0 Å². The Hall–Kier alpha value is -1.66. The Morgan fingerprint density at radius 1 is 1.08 bits per heavy atom. The number of ether oxygens (including phenoxy) is 1. The molecule has 0 radical (unpaired) electrons. The van der Waals surface area contributed by atoms with Gasteiger partial charge in [-0.15, -0.1) is 0 Å². The monoisotopic (exact) mass is 364 g/mol. The van der Waals surface area contributed by atoms with Crippen LogP contribution in [0.2, 0.25) is 0 Å². The van der Waals surface area contributed by atoms with E-state index in [2.05, 4.69) is 6.92 Å². The lowest BCUT2D eigenvalue weighted by molar-refractivity contribution is -0.142. The highest BCUT2D eigenvalue weighted by Crippen LogP contribution is 2.36. The molecule has 0 aliphatic heterocycles. The lowest BCUT2D eigenvalue weighted by atomic mass is 9.79. The lowest BCUT2D eigenvalue weighted by Crippen LogP contribution is -2.17. The van der Waals surface area contributed by atoms with Crippen molar-refractivity contribution in [3.8, 4) is 5.75 Å². The van der Waals surface area contributed by atoms with Gasteiger partial charge in [-0.25, -0.2) is 8.78 Å². The normalized spacial score (nSPS) is 21.2. The number of hydrogen-bond donors (Lipinski definition) is 0. The molecule has 25 heavy (non-hydrogen) atoms. The standard InChI is InChI=1S/C18H21F5O2/c1-2-11-3-5-12(6-4-11)7-8-16(24)25-13-9-14(19)17(15(20)10-13)18(21,22)23/h9-12H,2-8H2,1H3/t11-,12-. The van der Waals surface area contributed by atoms with E-state index in [0.717, 1.165) is 38.0 Å². The molecule has 0 bridgehead atoms. The molecule has 0 N–H and O–H groups in total. The Bertz CT molecular complexity index is 581. The summed E-state index contributed by atoms with van der Waals surface area (Å²) in [5.74, 6) is -3.70. The third kappa shape index (κ3) is 5.41. The Kier molecular flexibility index (Phi) is 6.41. The third-order valence-corrected chi connectivity index (χ3v) is 4.83. The van der Waals surface area contributed by atoms with Crippen molar-refractivity contribution >= 4 is 5.97 Å². The third-order valence-electron chi connectivity index (χ3n) is 4.83. The van der Waals surface area contributed by atoms with Gasteiger partial charge in [-0.2, -0.15) is 13.2 Å². The largest absolute Gasteiger partial charge is 0.426 e. The number of carbonyl (C=O) groups excluding carboxylic acids is 1. The summed E-state index contributed by atoms with van der Waals surface area (Å²) in [6.45, 7) is 2.16.